The van der Waals surface area contributed by atoms with Gasteiger partial charge in [-0.25, -0.2) is 0 Å². The van der Waals surface area contributed by atoms with Crippen LogP contribution in [0.1, 0.15) is 47.6 Å². The number of ether oxygens (including phenoxy) is 2. The Kier molecular flexibility index (Phi) is 14.4. The Bertz CT molecular complexity index is 2000. The van der Waals surface area contributed by atoms with Gasteiger partial charge in [0.25, 0.3) is 0 Å². The van der Waals surface area contributed by atoms with Crippen LogP contribution in [0.3, 0.4) is 0 Å². The van der Waals surface area contributed by atoms with Crippen molar-refractivity contribution in [3.63, 3.8) is 0 Å². The smallest absolute Gasteiger partial charge is 0.317 e. The van der Waals surface area contributed by atoms with Crippen LogP contribution in [0, 0.1) is 5.92 Å². The van der Waals surface area contributed by atoms with Crippen LogP contribution in [-0.4, -0.2) is 139 Å². The summed E-state index contributed by atoms with van der Waals surface area (Å²) in [5, 5.41) is 30.5. The monoisotopic (exact) mass is 889 g/mol. The zero-order valence-corrected chi connectivity index (χ0v) is 36.3. The molecule has 1 aliphatic carbocycles. The first-order chi connectivity index (χ1) is 28.5. The average molecular weight is 891 g/mol. The molecule has 3 aliphatic heterocycles. The average Bonchev–Trinajstić information content (AvgIpc) is 3.89. The number of allylic oxidation sites excluding steroid dienone is 2. The fraction of sp³-hybridized carbons (Fsp3) is 0.477. The van der Waals surface area contributed by atoms with Gasteiger partial charge < -0.3 is 45.4 Å². The molecule has 5 N–H and O–H groups in total. The number of carboxylic acid groups (broad SMARTS) is 2. The van der Waals surface area contributed by atoms with Crippen molar-refractivity contribution in [2.45, 2.75) is 44.2 Å². The first kappa shape index (κ1) is 42.9. The van der Waals surface area contributed by atoms with Crippen LogP contribution in [0.2, 0.25) is 0 Å². The van der Waals surface area contributed by atoms with Gasteiger partial charge in [-0.3, -0.25) is 19.4 Å². The lowest BCUT2D eigenvalue weighted by molar-refractivity contribution is -0.139. The minimum Gasteiger partial charge on any atom is -0.480 e. The molecule has 0 radical (unpaired) electrons. The van der Waals surface area contributed by atoms with Crippen molar-refractivity contribution >= 4 is 56.6 Å². The summed E-state index contributed by atoms with van der Waals surface area (Å²) in [6.07, 6.45) is 7.17. The van der Waals surface area contributed by atoms with E-state index >= 15 is 0 Å². The summed E-state index contributed by atoms with van der Waals surface area (Å²) in [5.74, 6) is 0.619. The van der Waals surface area contributed by atoms with Crippen LogP contribution in [0.5, 0.6) is 11.5 Å². The molecule has 4 unspecified atom stereocenters. The Hall–Kier alpha value is -4.25. The maximum absolute atomic E-state index is 12.0. The second-order valence-corrected chi connectivity index (χ2v) is 17.3. The topological polar surface area (TPSA) is 142 Å². The van der Waals surface area contributed by atoms with Crippen molar-refractivity contribution in [3.05, 3.63) is 93.5 Å². The first-order valence-corrected chi connectivity index (χ1v) is 21.8. The Morgan fingerprint density at radius 3 is 2.37 bits per heavy atom. The summed E-state index contributed by atoms with van der Waals surface area (Å²) < 4.78 is 12.3. The largest absolute Gasteiger partial charge is 0.480 e. The maximum atomic E-state index is 12.0. The third-order valence-corrected chi connectivity index (χ3v) is 13.0. The number of hydrogen-bond donors (Lipinski definition) is 5. The van der Waals surface area contributed by atoms with E-state index in [1.165, 1.54) is 16.7 Å². The van der Waals surface area contributed by atoms with E-state index in [4.69, 9.17) is 21.7 Å². The molecule has 4 atom stereocenters. The SMILES string of the molecule is CCN1CCN(CC(=O)O)CCN(C)CC(Cc2ccc(NC(=S)NCCc3ccc4c(c3)C3C=CCC3C(c3cc5c(cc3Br)OCO5)N4)cc2)N(CC(=O)O)CC1. The van der Waals surface area contributed by atoms with E-state index in [9.17, 15) is 19.8 Å². The van der Waals surface area contributed by atoms with Crippen LogP contribution >= 0.6 is 28.1 Å². The van der Waals surface area contributed by atoms with Crippen molar-refractivity contribution < 1.29 is 29.3 Å². The molecule has 4 aliphatic rings. The third-order valence-electron chi connectivity index (χ3n) is 12.1. The summed E-state index contributed by atoms with van der Waals surface area (Å²) in [7, 11) is 2.03. The van der Waals surface area contributed by atoms with Crippen LogP contribution in [-0.2, 0) is 22.4 Å². The standard InChI is InChI=1S/C44H56BrN7O6S/c1-3-50-17-18-51(26-41(53)54)16-15-49(2)25-32(52(20-19-50)27-42(55)56)21-29-7-10-31(11-8-29)47-44(59)46-14-13-30-9-12-38-35(22-30)33-5-4-6-34(33)43(48-38)36-23-39-40(24-37(36)45)58-28-57-39/h4-5,7-12,22-24,32-34,43,48H,3,6,13-21,25-28H2,1-2H3,(H,53,54)(H,55,56)(H2,46,47,59). The van der Waals surface area contributed by atoms with Gasteiger partial charge in [-0.15, -0.1) is 0 Å². The van der Waals surface area contributed by atoms with Gasteiger partial charge in [0.15, 0.2) is 16.6 Å². The number of nitrogens with one attached hydrogen (secondary N) is 3. The Balaban J connectivity index is 0.935. The Labute approximate surface area is 360 Å². The van der Waals surface area contributed by atoms with E-state index in [2.05, 4.69) is 102 Å². The van der Waals surface area contributed by atoms with Gasteiger partial charge in [-0.05, 0) is 104 Å². The zero-order valence-electron chi connectivity index (χ0n) is 33.9. The van der Waals surface area contributed by atoms with Gasteiger partial charge >= 0.3 is 11.9 Å². The van der Waals surface area contributed by atoms with Gasteiger partial charge in [0.05, 0.1) is 19.1 Å². The van der Waals surface area contributed by atoms with E-state index < -0.39 is 11.9 Å². The van der Waals surface area contributed by atoms with E-state index in [1.807, 2.05) is 30.1 Å². The predicted octanol–water partition coefficient (Wildman–Crippen LogP) is 5.49. The fourth-order valence-electron chi connectivity index (χ4n) is 8.85. The number of likely N-dealkylation sites (N-methyl/N-ethyl adjacent to an activating group) is 2. The van der Waals surface area contributed by atoms with Gasteiger partial charge in [0.2, 0.25) is 6.79 Å². The molecule has 15 heteroatoms. The summed E-state index contributed by atoms with van der Waals surface area (Å²) in [4.78, 5) is 32.1. The van der Waals surface area contributed by atoms with Gasteiger partial charge in [-0.2, -0.15) is 0 Å². The lowest BCUT2D eigenvalue weighted by Gasteiger charge is -2.38. The molecule has 1 fully saturated rings. The number of carbonyl (C=O) groups is 2. The maximum Gasteiger partial charge on any atom is 0.317 e. The molecule has 0 bridgehead atoms. The van der Waals surface area contributed by atoms with Crippen molar-refractivity contribution in [2.24, 2.45) is 5.92 Å². The van der Waals surface area contributed by atoms with Crippen LogP contribution < -0.4 is 25.4 Å². The summed E-state index contributed by atoms with van der Waals surface area (Å²) in [6.45, 7) is 8.50. The second kappa shape index (κ2) is 19.9. The number of benzene rings is 3. The molecule has 1 saturated heterocycles. The molecule has 3 heterocycles. The van der Waals surface area contributed by atoms with Gasteiger partial charge in [-0.1, -0.05) is 59.3 Å². The first-order valence-electron chi connectivity index (χ1n) is 20.6. The van der Waals surface area contributed by atoms with Crippen molar-refractivity contribution in [2.75, 3.05) is 96.5 Å². The molecule has 0 amide bonds. The number of hydrogen-bond acceptors (Lipinski definition) is 10. The van der Waals surface area contributed by atoms with E-state index in [-0.39, 0.29) is 32.0 Å². The fourth-order valence-corrected chi connectivity index (χ4v) is 9.64. The lowest BCUT2D eigenvalue weighted by atomic mass is 9.76. The lowest BCUT2D eigenvalue weighted by Crippen LogP contribution is -2.51. The molecule has 7 rings (SSSR count). The zero-order chi connectivity index (χ0) is 41.5. The molecule has 0 aromatic heterocycles. The Morgan fingerprint density at radius 1 is 0.898 bits per heavy atom. The number of carboxylic acids is 2. The van der Waals surface area contributed by atoms with Gasteiger partial charge in [0, 0.05) is 80.2 Å². The summed E-state index contributed by atoms with van der Waals surface area (Å²) >= 11 is 9.49. The van der Waals surface area contributed by atoms with Crippen LogP contribution in [0.25, 0.3) is 0 Å². The molecule has 0 spiro atoms. The van der Waals surface area contributed by atoms with Crippen LogP contribution in [0.15, 0.2) is 71.2 Å². The highest BCUT2D eigenvalue weighted by Crippen LogP contribution is 2.52. The minimum atomic E-state index is -0.843. The Morgan fingerprint density at radius 2 is 1.61 bits per heavy atom. The number of thiocarbonyl (C=S) groups is 1. The highest BCUT2D eigenvalue weighted by molar-refractivity contribution is 9.10. The summed E-state index contributed by atoms with van der Waals surface area (Å²) in [5.41, 5.74) is 6.90. The van der Waals surface area contributed by atoms with E-state index in [1.54, 1.807) is 0 Å². The van der Waals surface area contributed by atoms with E-state index in [0.29, 0.717) is 69.2 Å². The molecule has 3 aromatic rings. The number of halogens is 1. The third kappa shape index (κ3) is 11.1. The number of aliphatic carboxylic acids is 2. The molecule has 0 saturated carbocycles. The quantitative estimate of drug-likeness (QED) is 0.116. The highest BCUT2D eigenvalue weighted by atomic mass is 79.9. The predicted molar refractivity (Wildman–Crippen MR) is 238 cm³/mol. The molecule has 316 valence electrons. The number of nitrogens with zero attached hydrogens (tertiary/aromatic N) is 4. The van der Waals surface area contributed by atoms with E-state index in [0.717, 1.165) is 58.8 Å². The summed E-state index contributed by atoms with van der Waals surface area (Å²) in [6, 6.07) is 19.1. The van der Waals surface area contributed by atoms with Crippen molar-refractivity contribution in [3.8, 4) is 11.5 Å². The molecule has 3 aromatic carbocycles. The number of anilines is 2. The molecular formula is C44H56BrN7O6S. The minimum absolute atomic E-state index is 0.00904. The molecule has 59 heavy (non-hydrogen) atoms. The number of fused-ring (bicyclic) bond motifs is 4. The van der Waals surface area contributed by atoms with Crippen molar-refractivity contribution in [1.82, 2.24) is 24.9 Å². The molecule has 13 nitrogen and oxygen atoms in total. The van der Waals surface area contributed by atoms with Gasteiger partial charge in [0.1, 0.15) is 0 Å². The highest BCUT2D eigenvalue weighted by Gasteiger charge is 2.39. The molecular weight excluding hydrogens is 834 g/mol. The second-order valence-electron chi connectivity index (χ2n) is 16.0. The van der Waals surface area contributed by atoms with Crippen molar-refractivity contribution in [1.29, 1.82) is 0 Å². The normalized spacial score (nSPS) is 22.7. The number of rotatable bonds is 12. The van der Waals surface area contributed by atoms with Crippen LogP contribution in [0.4, 0.5) is 11.4 Å².